The van der Waals surface area contributed by atoms with Crippen molar-refractivity contribution in [3.8, 4) is 5.75 Å². The van der Waals surface area contributed by atoms with Gasteiger partial charge in [0.15, 0.2) is 0 Å². The Bertz CT molecular complexity index is 510. The highest BCUT2D eigenvalue weighted by Crippen LogP contribution is 2.37. The molecular formula is C15H22BNO3. The fraction of sp³-hybridized carbons (Fsp3) is 0.667. The molecule has 1 aliphatic carbocycles. The van der Waals surface area contributed by atoms with Crippen LogP contribution in [0.4, 0.5) is 0 Å². The van der Waals surface area contributed by atoms with E-state index in [1.807, 2.05) is 13.1 Å². The Hall–Kier alpha value is -1.07. The summed E-state index contributed by atoms with van der Waals surface area (Å²) in [5.41, 5.74) is 1.33. The van der Waals surface area contributed by atoms with E-state index in [0.29, 0.717) is 6.10 Å². The van der Waals surface area contributed by atoms with E-state index in [0.717, 1.165) is 29.6 Å². The van der Waals surface area contributed by atoms with Gasteiger partial charge in [0.25, 0.3) is 0 Å². The normalized spacial score (nSPS) is 23.9. The van der Waals surface area contributed by atoms with Crippen molar-refractivity contribution in [1.29, 1.82) is 0 Å². The van der Waals surface area contributed by atoms with Crippen LogP contribution < -0.4 is 10.2 Å². The van der Waals surface area contributed by atoms with Gasteiger partial charge in [0.1, 0.15) is 5.75 Å². The molecular weight excluding hydrogens is 253 g/mol. The van der Waals surface area contributed by atoms with Crippen LogP contribution in [0.15, 0.2) is 12.4 Å². The van der Waals surface area contributed by atoms with Crippen molar-refractivity contribution in [2.75, 3.05) is 0 Å². The molecule has 0 unspecified atom stereocenters. The van der Waals surface area contributed by atoms with Crippen molar-refractivity contribution in [3.05, 3.63) is 18.0 Å². The summed E-state index contributed by atoms with van der Waals surface area (Å²) in [4.78, 5) is 4.23. The smallest absolute Gasteiger partial charge is 0.489 e. The first-order valence-corrected chi connectivity index (χ1v) is 7.27. The van der Waals surface area contributed by atoms with E-state index >= 15 is 0 Å². The van der Waals surface area contributed by atoms with Crippen LogP contribution in [0.2, 0.25) is 0 Å². The van der Waals surface area contributed by atoms with Crippen LogP contribution in [0.25, 0.3) is 0 Å². The van der Waals surface area contributed by atoms with E-state index in [4.69, 9.17) is 14.0 Å². The van der Waals surface area contributed by atoms with Gasteiger partial charge in [-0.05, 0) is 53.0 Å². The molecule has 20 heavy (non-hydrogen) atoms. The average Bonchev–Trinajstić information content (AvgIpc) is 3.07. The van der Waals surface area contributed by atoms with Crippen LogP contribution in [0.1, 0.15) is 46.1 Å². The molecule has 0 aromatic carbocycles. The van der Waals surface area contributed by atoms with Gasteiger partial charge in [-0.25, -0.2) is 0 Å². The van der Waals surface area contributed by atoms with Gasteiger partial charge in [-0.3, -0.25) is 4.98 Å². The van der Waals surface area contributed by atoms with Gasteiger partial charge >= 0.3 is 7.12 Å². The fourth-order valence-corrected chi connectivity index (χ4v) is 2.27. The van der Waals surface area contributed by atoms with Gasteiger partial charge in [-0.1, -0.05) is 0 Å². The van der Waals surface area contributed by atoms with Gasteiger partial charge in [-0.2, -0.15) is 0 Å². The van der Waals surface area contributed by atoms with Crippen LogP contribution in [0, 0.1) is 6.92 Å². The minimum Gasteiger partial charge on any atom is -0.489 e. The molecule has 1 aliphatic heterocycles. The van der Waals surface area contributed by atoms with Crippen molar-refractivity contribution in [3.63, 3.8) is 0 Å². The highest BCUT2D eigenvalue weighted by molar-refractivity contribution is 6.63. The summed E-state index contributed by atoms with van der Waals surface area (Å²) < 4.78 is 18.3. The van der Waals surface area contributed by atoms with Gasteiger partial charge < -0.3 is 14.0 Å². The quantitative estimate of drug-likeness (QED) is 0.793. The zero-order chi connectivity index (χ0) is 14.5. The van der Waals surface area contributed by atoms with Crippen LogP contribution in [0.5, 0.6) is 5.75 Å². The maximum absolute atomic E-state index is 6.14. The van der Waals surface area contributed by atoms with Crippen LogP contribution >= 0.6 is 0 Å². The Labute approximate surface area is 121 Å². The van der Waals surface area contributed by atoms with E-state index in [1.54, 1.807) is 6.20 Å². The summed E-state index contributed by atoms with van der Waals surface area (Å²) in [6.45, 7) is 10.3. The number of hydrogen-bond donors (Lipinski definition) is 0. The van der Waals surface area contributed by atoms with E-state index in [1.165, 1.54) is 0 Å². The van der Waals surface area contributed by atoms with E-state index in [9.17, 15) is 0 Å². The van der Waals surface area contributed by atoms with Gasteiger partial charge in [0, 0.05) is 11.7 Å². The Morgan fingerprint density at radius 2 is 1.75 bits per heavy atom. The zero-order valence-corrected chi connectivity index (χ0v) is 12.9. The molecule has 0 spiro atoms. The molecule has 2 fully saturated rings. The lowest BCUT2D eigenvalue weighted by atomic mass is 9.76. The second-order valence-corrected chi connectivity index (χ2v) is 6.77. The standard InChI is InChI=1S/C15H22BNO3/c1-10-8-17-9-12(18-11-6-7-11)13(10)16-19-14(2,3)15(4,5)20-16/h8-9,11H,6-7H2,1-5H3. The molecule has 1 aromatic rings. The van der Waals surface area contributed by atoms with Gasteiger partial charge in [-0.15, -0.1) is 0 Å². The highest BCUT2D eigenvalue weighted by Gasteiger charge is 2.53. The first kappa shape index (κ1) is 13.9. The van der Waals surface area contributed by atoms with Crippen molar-refractivity contribution < 1.29 is 14.0 Å². The second-order valence-electron chi connectivity index (χ2n) is 6.77. The Morgan fingerprint density at radius 1 is 1.15 bits per heavy atom. The van der Waals surface area contributed by atoms with E-state index < -0.39 is 7.12 Å². The number of rotatable bonds is 3. The van der Waals surface area contributed by atoms with E-state index in [-0.39, 0.29) is 11.2 Å². The predicted molar refractivity (Wildman–Crippen MR) is 78.3 cm³/mol. The molecule has 2 heterocycles. The highest BCUT2D eigenvalue weighted by atomic mass is 16.7. The number of pyridine rings is 1. The van der Waals surface area contributed by atoms with Crippen molar-refractivity contribution in [1.82, 2.24) is 4.98 Å². The maximum atomic E-state index is 6.14. The molecule has 4 nitrogen and oxygen atoms in total. The molecule has 5 heteroatoms. The summed E-state index contributed by atoms with van der Waals surface area (Å²) >= 11 is 0. The molecule has 108 valence electrons. The molecule has 1 saturated carbocycles. The lowest BCUT2D eigenvalue weighted by Gasteiger charge is -2.32. The van der Waals surface area contributed by atoms with Crippen LogP contribution in [0.3, 0.4) is 0 Å². The summed E-state index contributed by atoms with van der Waals surface area (Å²) in [6.07, 6.45) is 6.18. The Morgan fingerprint density at radius 3 is 2.30 bits per heavy atom. The third-order valence-electron chi connectivity index (χ3n) is 4.46. The lowest BCUT2D eigenvalue weighted by Crippen LogP contribution is -2.41. The summed E-state index contributed by atoms with van der Waals surface area (Å²) in [7, 11) is -0.392. The van der Waals surface area contributed by atoms with Crippen LogP contribution in [-0.4, -0.2) is 29.4 Å². The maximum Gasteiger partial charge on any atom is 0.499 e. The summed E-state index contributed by atoms with van der Waals surface area (Å²) in [5, 5.41) is 0. The number of ether oxygens (including phenoxy) is 1. The largest absolute Gasteiger partial charge is 0.499 e. The number of hydrogen-bond acceptors (Lipinski definition) is 4. The van der Waals surface area contributed by atoms with E-state index in [2.05, 4.69) is 32.7 Å². The Balaban J connectivity index is 1.94. The third-order valence-corrected chi connectivity index (χ3v) is 4.46. The number of nitrogens with zero attached hydrogens (tertiary/aromatic N) is 1. The third kappa shape index (κ3) is 2.33. The zero-order valence-electron chi connectivity index (χ0n) is 12.9. The first-order valence-electron chi connectivity index (χ1n) is 7.27. The topological polar surface area (TPSA) is 40.6 Å². The second kappa shape index (κ2) is 4.47. The minimum atomic E-state index is -0.392. The predicted octanol–water partition coefficient (Wildman–Crippen LogP) is 2.23. The molecule has 0 bridgehead atoms. The molecule has 0 atom stereocenters. The lowest BCUT2D eigenvalue weighted by molar-refractivity contribution is 0.00578. The molecule has 1 aromatic heterocycles. The van der Waals surface area contributed by atoms with Crippen LogP contribution in [-0.2, 0) is 9.31 Å². The van der Waals surface area contributed by atoms with Gasteiger partial charge in [0.05, 0.1) is 23.5 Å². The molecule has 2 aliphatic rings. The minimum absolute atomic E-state index is 0.333. The number of aryl methyl sites for hydroxylation is 1. The van der Waals surface area contributed by atoms with Crippen molar-refractivity contribution in [2.24, 2.45) is 0 Å². The molecule has 3 rings (SSSR count). The molecule has 0 amide bonds. The average molecular weight is 275 g/mol. The number of aromatic nitrogens is 1. The van der Waals surface area contributed by atoms with Crippen molar-refractivity contribution >= 4 is 12.6 Å². The first-order chi connectivity index (χ1) is 9.30. The van der Waals surface area contributed by atoms with Gasteiger partial charge in [0.2, 0.25) is 0 Å². The molecule has 0 radical (unpaired) electrons. The molecule has 0 N–H and O–H groups in total. The SMILES string of the molecule is Cc1cncc(OC2CC2)c1B1OC(C)(C)C(C)(C)O1. The summed E-state index contributed by atoms with van der Waals surface area (Å²) in [6, 6.07) is 0. The fourth-order valence-electron chi connectivity index (χ4n) is 2.27. The molecule has 1 saturated heterocycles. The summed E-state index contributed by atoms with van der Waals surface area (Å²) in [5.74, 6) is 0.797. The Kier molecular flexibility index (Phi) is 3.10. The monoisotopic (exact) mass is 275 g/mol. The van der Waals surface area contributed by atoms with Crippen molar-refractivity contribution in [2.45, 2.75) is 64.8 Å².